The first-order valence-corrected chi connectivity index (χ1v) is 4.98. The molecule has 0 aliphatic heterocycles. The fourth-order valence-electron chi connectivity index (χ4n) is 1.39. The zero-order valence-corrected chi connectivity index (χ0v) is 8.43. The van der Waals surface area contributed by atoms with E-state index in [-0.39, 0.29) is 0 Å². The molecule has 0 saturated carbocycles. The molecule has 0 amide bonds. The first-order chi connectivity index (χ1) is 7.45. The van der Waals surface area contributed by atoms with Crippen molar-refractivity contribution in [3.63, 3.8) is 0 Å². The van der Waals surface area contributed by atoms with E-state index in [0.29, 0.717) is 0 Å². The molecular formula is C12H13N3. The zero-order valence-electron chi connectivity index (χ0n) is 8.43. The van der Waals surface area contributed by atoms with Gasteiger partial charge in [0.15, 0.2) is 0 Å². The molecule has 76 valence electrons. The molecule has 0 unspecified atom stereocenters. The minimum Gasteiger partial charge on any atom is -0.382 e. The third-order valence-electron chi connectivity index (χ3n) is 2.15. The summed E-state index contributed by atoms with van der Waals surface area (Å²) in [5, 5.41) is 3.27. The second-order valence-electron chi connectivity index (χ2n) is 3.29. The Morgan fingerprint density at radius 2 is 1.73 bits per heavy atom. The van der Waals surface area contributed by atoms with Crippen LogP contribution in [0.15, 0.2) is 49.1 Å². The van der Waals surface area contributed by atoms with Crippen molar-refractivity contribution in [3.8, 4) is 0 Å². The summed E-state index contributed by atoms with van der Waals surface area (Å²) < 4.78 is 0. The summed E-state index contributed by atoms with van der Waals surface area (Å²) in [6.45, 7) is 0.900. The van der Waals surface area contributed by atoms with Gasteiger partial charge in [0.05, 0.1) is 18.1 Å². The second kappa shape index (κ2) is 5.10. The van der Waals surface area contributed by atoms with E-state index in [2.05, 4.69) is 39.6 Å². The van der Waals surface area contributed by atoms with Gasteiger partial charge in [-0.2, -0.15) is 0 Å². The lowest BCUT2D eigenvalue weighted by Crippen LogP contribution is -2.05. The van der Waals surface area contributed by atoms with Gasteiger partial charge in [0.25, 0.3) is 0 Å². The van der Waals surface area contributed by atoms with E-state index in [4.69, 9.17) is 0 Å². The minimum absolute atomic E-state index is 0.900. The molecule has 0 fully saturated rings. The molecule has 0 atom stereocenters. The maximum Gasteiger partial charge on any atom is 0.115 e. The molecule has 3 nitrogen and oxygen atoms in total. The third-order valence-corrected chi connectivity index (χ3v) is 2.15. The summed E-state index contributed by atoms with van der Waals surface area (Å²) in [5.41, 5.74) is 2.30. The van der Waals surface area contributed by atoms with Crippen LogP contribution in [-0.2, 0) is 6.42 Å². The number of nitrogens with one attached hydrogen (secondary N) is 1. The van der Waals surface area contributed by atoms with Crippen LogP contribution in [0.5, 0.6) is 0 Å². The monoisotopic (exact) mass is 199 g/mol. The van der Waals surface area contributed by atoms with Crippen molar-refractivity contribution >= 4 is 5.69 Å². The maximum atomic E-state index is 3.94. The summed E-state index contributed by atoms with van der Waals surface area (Å²) in [6.07, 6.45) is 6.09. The third kappa shape index (κ3) is 3.06. The molecule has 1 aromatic carbocycles. The average molecular weight is 199 g/mol. The first-order valence-electron chi connectivity index (χ1n) is 4.98. The Balaban J connectivity index is 1.81. The van der Waals surface area contributed by atoms with Gasteiger partial charge in [-0.15, -0.1) is 0 Å². The molecule has 0 saturated heterocycles. The maximum absolute atomic E-state index is 3.94. The van der Waals surface area contributed by atoms with Crippen LogP contribution in [-0.4, -0.2) is 16.5 Å². The predicted molar refractivity (Wildman–Crippen MR) is 60.7 cm³/mol. The molecule has 2 rings (SSSR count). The van der Waals surface area contributed by atoms with E-state index >= 15 is 0 Å². The highest BCUT2D eigenvalue weighted by molar-refractivity contribution is 5.37. The summed E-state index contributed by atoms with van der Waals surface area (Å²) in [7, 11) is 0. The molecule has 0 spiro atoms. The number of benzene rings is 1. The number of rotatable bonds is 4. The number of nitrogens with zero attached hydrogens (tertiary/aromatic N) is 2. The van der Waals surface area contributed by atoms with Gasteiger partial charge in [0.1, 0.15) is 6.33 Å². The Bertz CT molecular complexity index is 347. The lowest BCUT2D eigenvalue weighted by Gasteiger charge is -2.04. The van der Waals surface area contributed by atoms with Crippen LogP contribution in [0.2, 0.25) is 0 Å². The van der Waals surface area contributed by atoms with Crippen LogP contribution in [0.25, 0.3) is 0 Å². The molecule has 0 aliphatic carbocycles. The SMILES string of the molecule is c1ccc(CCNc2cncnc2)cc1. The molecule has 1 heterocycles. The molecular weight excluding hydrogens is 186 g/mol. The van der Waals surface area contributed by atoms with Gasteiger partial charge in [0, 0.05) is 6.54 Å². The molecule has 2 aromatic rings. The Kier molecular flexibility index (Phi) is 3.28. The van der Waals surface area contributed by atoms with Crippen molar-refractivity contribution < 1.29 is 0 Å². The van der Waals surface area contributed by atoms with Gasteiger partial charge >= 0.3 is 0 Å². The summed E-state index contributed by atoms with van der Waals surface area (Å²) in [4.78, 5) is 7.87. The molecule has 0 radical (unpaired) electrons. The van der Waals surface area contributed by atoms with Crippen LogP contribution < -0.4 is 5.32 Å². The molecule has 0 bridgehead atoms. The van der Waals surface area contributed by atoms with Crippen LogP contribution in [0.1, 0.15) is 5.56 Å². The number of anilines is 1. The Morgan fingerprint density at radius 1 is 1.00 bits per heavy atom. The van der Waals surface area contributed by atoms with Gasteiger partial charge in [-0.25, -0.2) is 9.97 Å². The van der Waals surface area contributed by atoms with E-state index in [1.54, 1.807) is 12.4 Å². The molecule has 15 heavy (non-hydrogen) atoms. The number of aromatic nitrogens is 2. The molecule has 3 heteroatoms. The van der Waals surface area contributed by atoms with Gasteiger partial charge in [-0.1, -0.05) is 30.3 Å². The lowest BCUT2D eigenvalue weighted by atomic mass is 10.1. The van der Waals surface area contributed by atoms with Gasteiger partial charge < -0.3 is 5.32 Å². The van der Waals surface area contributed by atoms with Crippen LogP contribution in [0.4, 0.5) is 5.69 Å². The Labute approximate surface area is 89.2 Å². The molecule has 1 N–H and O–H groups in total. The topological polar surface area (TPSA) is 37.8 Å². The van der Waals surface area contributed by atoms with Gasteiger partial charge in [0.2, 0.25) is 0 Å². The zero-order chi connectivity index (χ0) is 10.3. The van der Waals surface area contributed by atoms with Gasteiger partial charge in [-0.05, 0) is 12.0 Å². The van der Waals surface area contributed by atoms with E-state index in [9.17, 15) is 0 Å². The summed E-state index contributed by atoms with van der Waals surface area (Å²) in [6, 6.07) is 10.4. The van der Waals surface area contributed by atoms with Gasteiger partial charge in [-0.3, -0.25) is 0 Å². The van der Waals surface area contributed by atoms with Crippen molar-refractivity contribution in [1.82, 2.24) is 9.97 Å². The normalized spacial score (nSPS) is 9.87. The van der Waals surface area contributed by atoms with Crippen molar-refractivity contribution in [3.05, 3.63) is 54.6 Å². The fraction of sp³-hybridized carbons (Fsp3) is 0.167. The predicted octanol–water partition coefficient (Wildman–Crippen LogP) is 2.13. The summed E-state index contributed by atoms with van der Waals surface area (Å²) in [5.74, 6) is 0. The summed E-state index contributed by atoms with van der Waals surface area (Å²) >= 11 is 0. The number of hydrogen-bond donors (Lipinski definition) is 1. The highest BCUT2D eigenvalue weighted by atomic mass is 14.9. The van der Waals surface area contributed by atoms with E-state index < -0.39 is 0 Å². The average Bonchev–Trinajstić information content (AvgIpc) is 2.32. The minimum atomic E-state index is 0.900. The standard InChI is InChI=1S/C12H13N3/c1-2-4-11(5-3-1)6-7-15-12-8-13-10-14-9-12/h1-5,8-10,15H,6-7H2. The van der Waals surface area contributed by atoms with Crippen molar-refractivity contribution in [2.45, 2.75) is 6.42 Å². The molecule has 0 aliphatic rings. The van der Waals surface area contributed by atoms with E-state index in [1.807, 2.05) is 6.07 Å². The number of hydrogen-bond acceptors (Lipinski definition) is 3. The highest BCUT2D eigenvalue weighted by Gasteiger charge is 1.92. The van der Waals surface area contributed by atoms with Crippen LogP contribution >= 0.6 is 0 Å². The Morgan fingerprint density at radius 3 is 2.47 bits per heavy atom. The quantitative estimate of drug-likeness (QED) is 0.819. The molecule has 1 aromatic heterocycles. The van der Waals surface area contributed by atoms with E-state index in [1.165, 1.54) is 11.9 Å². The van der Waals surface area contributed by atoms with Crippen LogP contribution in [0, 0.1) is 0 Å². The van der Waals surface area contributed by atoms with Crippen molar-refractivity contribution in [2.24, 2.45) is 0 Å². The first kappa shape index (κ1) is 9.65. The smallest absolute Gasteiger partial charge is 0.115 e. The Hall–Kier alpha value is -1.90. The largest absolute Gasteiger partial charge is 0.382 e. The van der Waals surface area contributed by atoms with Crippen molar-refractivity contribution in [2.75, 3.05) is 11.9 Å². The fourth-order valence-corrected chi connectivity index (χ4v) is 1.39. The van der Waals surface area contributed by atoms with Crippen LogP contribution in [0.3, 0.4) is 0 Å². The second-order valence-corrected chi connectivity index (χ2v) is 3.29. The van der Waals surface area contributed by atoms with E-state index in [0.717, 1.165) is 18.7 Å². The highest BCUT2D eigenvalue weighted by Crippen LogP contribution is 2.02. The lowest BCUT2D eigenvalue weighted by molar-refractivity contribution is 1.01. The van der Waals surface area contributed by atoms with Crippen molar-refractivity contribution in [1.29, 1.82) is 0 Å².